The molecule has 150 valence electrons. The predicted molar refractivity (Wildman–Crippen MR) is 107 cm³/mol. The van der Waals surface area contributed by atoms with E-state index in [1.54, 1.807) is 17.0 Å². The fourth-order valence-electron chi connectivity index (χ4n) is 3.46. The molecular weight excluding hydrogens is 354 g/mol. The number of quaternary nitrogens is 1. The summed E-state index contributed by atoms with van der Waals surface area (Å²) in [6.07, 6.45) is 2.35. The normalized spacial score (nSPS) is 15.0. The summed E-state index contributed by atoms with van der Waals surface area (Å²) in [5.41, 5.74) is 2.57. The Morgan fingerprint density at radius 1 is 1.14 bits per heavy atom. The number of amides is 2. The first-order valence-electron chi connectivity index (χ1n) is 10.0. The summed E-state index contributed by atoms with van der Waals surface area (Å²) in [6.45, 7) is 8.31. The third-order valence-corrected chi connectivity index (χ3v) is 5.28. The molecule has 28 heavy (non-hydrogen) atoms. The van der Waals surface area contributed by atoms with Gasteiger partial charge in [-0.3, -0.25) is 9.59 Å². The van der Waals surface area contributed by atoms with Crippen LogP contribution in [0, 0.1) is 0 Å². The molecule has 0 aliphatic carbocycles. The van der Waals surface area contributed by atoms with Crippen LogP contribution in [-0.4, -0.2) is 56.0 Å². The number of piperazine rings is 1. The van der Waals surface area contributed by atoms with Gasteiger partial charge in [0.2, 0.25) is 0 Å². The number of furan rings is 1. The van der Waals surface area contributed by atoms with Gasteiger partial charge in [-0.25, -0.2) is 0 Å². The second kappa shape index (κ2) is 9.55. The highest BCUT2D eigenvalue weighted by Gasteiger charge is 2.26. The molecule has 2 aromatic rings. The quantitative estimate of drug-likeness (QED) is 0.751. The number of carbonyl (C=O) groups is 2. The molecule has 1 aliphatic rings. The average Bonchev–Trinajstić information content (AvgIpc) is 3.23. The molecule has 6 nitrogen and oxygen atoms in total. The number of hydrogen-bond acceptors (Lipinski definition) is 3. The zero-order valence-electron chi connectivity index (χ0n) is 16.7. The summed E-state index contributed by atoms with van der Waals surface area (Å²) < 4.78 is 5.18. The van der Waals surface area contributed by atoms with Crippen molar-refractivity contribution in [2.75, 3.05) is 39.3 Å². The van der Waals surface area contributed by atoms with Gasteiger partial charge in [0, 0.05) is 6.54 Å². The molecule has 3 rings (SSSR count). The second-order valence-corrected chi connectivity index (χ2v) is 7.69. The molecule has 0 unspecified atom stereocenters. The van der Waals surface area contributed by atoms with Crippen molar-refractivity contribution in [3.8, 4) is 0 Å². The largest absolute Gasteiger partial charge is 0.459 e. The molecule has 2 N–H and O–H groups in total. The third kappa shape index (κ3) is 5.45. The minimum absolute atomic E-state index is 0.0691. The first-order chi connectivity index (χ1) is 13.5. The van der Waals surface area contributed by atoms with E-state index in [9.17, 15) is 9.59 Å². The van der Waals surface area contributed by atoms with Crippen LogP contribution in [0.5, 0.6) is 0 Å². The zero-order valence-corrected chi connectivity index (χ0v) is 16.7. The Morgan fingerprint density at radius 2 is 1.86 bits per heavy atom. The van der Waals surface area contributed by atoms with Crippen LogP contribution in [0.25, 0.3) is 0 Å². The highest BCUT2D eigenvalue weighted by molar-refractivity contribution is 5.91. The standard InChI is InChI=1S/C22H29N3O3/c1-17(2)19-7-5-18(6-8-19)9-10-23-21(26)16-24-11-13-25(14-12-24)22(27)20-4-3-15-28-20/h3-8,15,17H,9-14,16H2,1-2H3,(H,23,26)/p+1. The number of nitrogens with one attached hydrogen (secondary N) is 2. The van der Waals surface area contributed by atoms with Crippen LogP contribution in [0.15, 0.2) is 47.1 Å². The van der Waals surface area contributed by atoms with E-state index < -0.39 is 0 Å². The summed E-state index contributed by atoms with van der Waals surface area (Å²) in [5.74, 6) is 0.908. The van der Waals surface area contributed by atoms with Crippen molar-refractivity contribution in [2.45, 2.75) is 26.2 Å². The van der Waals surface area contributed by atoms with E-state index in [2.05, 4.69) is 43.4 Å². The molecule has 0 saturated carbocycles. The van der Waals surface area contributed by atoms with E-state index in [1.807, 2.05) is 0 Å². The van der Waals surface area contributed by atoms with Gasteiger partial charge in [-0.15, -0.1) is 0 Å². The lowest BCUT2D eigenvalue weighted by atomic mass is 10.0. The molecule has 0 atom stereocenters. The first kappa shape index (κ1) is 20.1. The van der Waals surface area contributed by atoms with Crippen LogP contribution in [-0.2, 0) is 11.2 Å². The summed E-state index contributed by atoms with van der Waals surface area (Å²) >= 11 is 0. The van der Waals surface area contributed by atoms with Gasteiger partial charge in [0.05, 0.1) is 32.4 Å². The lowest BCUT2D eigenvalue weighted by molar-refractivity contribution is -0.896. The molecule has 0 bridgehead atoms. The Bertz CT molecular complexity index is 761. The lowest BCUT2D eigenvalue weighted by Crippen LogP contribution is -3.15. The van der Waals surface area contributed by atoms with E-state index >= 15 is 0 Å². The topological polar surface area (TPSA) is 67.0 Å². The molecule has 1 aromatic carbocycles. The van der Waals surface area contributed by atoms with Crippen molar-refractivity contribution in [1.82, 2.24) is 10.2 Å². The number of nitrogens with zero attached hydrogens (tertiary/aromatic N) is 1. The molecule has 1 aliphatic heterocycles. The smallest absolute Gasteiger partial charge is 0.289 e. The molecule has 6 heteroatoms. The van der Waals surface area contributed by atoms with Crippen LogP contribution < -0.4 is 10.2 Å². The molecule has 0 spiro atoms. The summed E-state index contributed by atoms with van der Waals surface area (Å²) in [4.78, 5) is 27.5. The van der Waals surface area contributed by atoms with Gasteiger partial charge in [-0.1, -0.05) is 38.1 Å². The Balaban J connectivity index is 1.35. The van der Waals surface area contributed by atoms with Crippen molar-refractivity contribution in [3.05, 3.63) is 59.5 Å². The van der Waals surface area contributed by atoms with Crippen LogP contribution in [0.3, 0.4) is 0 Å². The summed E-state index contributed by atoms with van der Waals surface area (Å²) in [7, 11) is 0. The predicted octanol–water partition coefficient (Wildman–Crippen LogP) is 1.10. The second-order valence-electron chi connectivity index (χ2n) is 7.69. The molecule has 0 radical (unpaired) electrons. The lowest BCUT2D eigenvalue weighted by Gasteiger charge is -2.31. The van der Waals surface area contributed by atoms with E-state index in [-0.39, 0.29) is 11.8 Å². The van der Waals surface area contributed by atoms with Crippen molar-refractivity contribution >= 4 is 11.8 Å². The molecule has 2 amide bonds. The van der Waals surface area contributed by atoms with Crippen LogP contribution in [0.4, 0.5) is 0 Å². The van der Waals surface area contributed by atoms with E-state index in [0.29, 0.717) is 37.9 Å². The van der Waals surface area contributed by atoms with Gasteiger partial charge in [0.25, 0.3) is 11.8 Å². The maximum absolute atomic E-state index is 12.3. The maximum atomic E-state index is 12.3. The third-order valence-electron chi connectivity index (χ3n) is 5.28. The van der Waals surface area contributed by atoms with Gasteiger partial charge in [0.1, 0.15) is 0 Å². The van der Waals surface area contributed by atoms with Gasteiger partial charge in [0.15, 0.2) is 12.3 Å². The Labute approximate surface area is 166 Å². The number of benzene rings is 1. The highest BCUT2D eigenvalue weighted by Crippen LogP contribution is 2.14. The van der Waals surface area contributed by atoms with Crippen LogP contribution in [0.2, 0.25) is 0 Å². The minimum Gasteiger partial charge on any atom is -0.459 e. The van der Waals surface area contributed by atoms with Crippen molar-refractivity contribution in [1.29, 1.82) is 0 Å². The van der Waals surface area contributed by atoms with Crippen LogP contribution >= 0.6 is 0 Å². The highest BCUT2D eigenvalue weighted by atomic mass is 16.3. The van der Waals surface area contributed by atoms with E-state index in [1.165, 1.54) is 22.3 Å². The Morgan fingerprint density at radius 3 is 2.46 bits per heavy atom. The SMILES string of the molecule is CC(C)c1ccc(CCNC(=O)C[NH+]2CCN(C(=O)c3ccco3)CC2)cc1. The Kier molecular flexibility index (Phi) is 6.87. The van der Waals surface area contributed by atoms with Crippen molar-refractivity contribution in [3.63, 3.8) is 0 Å². The number of carbonyl (C=O) groups excluding carboxylic acids is 2. The Hall–Kier alpha value is -2.60. The number of rotatable bonds is 7. The van der Waals surface area contributed by atoms with Crippen molar-refractivity contribution < 1.29 is 18.9 Å². The molecule has 1 saturated heterocycles. The van der Waals surface area contributed by atoms with Crippen molar-refractivity contribution in [2.24, 2.45) is 0 Å². The molecule has 1 aromatic heterocycles. The van der Waals surface area contributed by atoms with E-state index in [4.69, 9.17) is 4.42 Å². The fraction of sp³-hybridized carbons (Fsp3) is 0.455. The summed E-state index contributed by atoms with van der Waals surface area (Å²) in [6, 6.07) is 12.0. The van der Waals surface area contributed by atoms with Gasteiger partial charge in [-0.05, 0) is 35.6 Å². The maximum Gasteiger partial charge on any atom is 0.289 e. The summed E-state index contributed by atoms with van der Waals surface area (Å²) in [5, 5.41) is 3.02. The average molecular weight is 385 g/mol. The minimum atomic E-state index is -0.0722. The first-order valence-corrected chi connectivity index (χ1v) is 10.0. The van der Waals surface area contributed by atoms with Gasteiger partial charge in [-0.2, -0.15) is 0 Å². The molecule has 1 fully saturated rings. The van der Waals surface area contributed by atoms with Gasteiger partial charge < -0.3 is 19.5 Å². The molecular formula is C22H30N3O3+. The zero-order chi connectivity index (χ0) is 19.9. The van der Waals surface area contributed by atoms with E-state index in [0.717, 1.165) is 19.5 Å². The monoisotopic (exact) mass is 384 g/mol. The molecule has 2 heterocycles. The van der Waals surface area contributed by atoms with Gasteiger partial charge >= 0.3 is 0 Å². The fourth-order valence-corrected chi connectivity index (χ4v) is 3.46. The van der Waals surface area contributed by atoms with Crippen LogP contribution in [0.1, 0.15) is 41.4 Å². The number of hydrogen-bond donors (Lipinski definition) is 2.